The fourth-order valence-corrected chi connectivity index (χ4v) is 3.07. The number of hydrogen-bond donors (Lipinski definition) is 2. The van der Waals surface area contributed by atoms with Gasteiger partial charge in [-0.05, 0) is 30.2 Å². The molecule has 1 atom stereocenters. The molecule has 1 unspecified atom stereocenters. The van der Waals surface area contributed by atoms with Crippen LogP contribution >= 0.6 is 0 Å². The van der Waals surface area contributed by atoms with Crippen LogP contribution in [0.1, 0.15) is 20.8 Å². The van der Waals surface area contributed by atoms with Crippen molar-refractivity contribution in [2.75, 3.05) is 12.4 Å². The molecule has 0 aliphatic heterocycles. The van der Waals surface area contributed by atoms with E-state index in [1.807, 2.05) is 0 Å². The van der Waals surface area contributed by atoms with Crippen molar-refractivity contribution in [3.8, 4) is 0 Å². The first-order chi connectivity index (χ1) is 10.2. The number of ether oxygens (including phenoxy) is 1. The summed E-state index contributed by atoms with van der Waals surface area (Å²) in [4.78, 5) is 22.6. The summed E-state index contributed by atoms with van der Waals surface area (Å²) in [6, 6.07) is 4.67. The van der Waals surface area contributed by atoms with E-state index < -0.39 is 22.0 Å². The minimum atomic E-state index is -3.87. The van der Waals surface area contributed by atoms with Gasteiger partial charge in [0.15, 0.2) is 0 Å². The van der Waals surface area contributed by atoms with Crippen molar-refractivity contribution < 1.29 is 22.7 Å². The van der Waals surface area contributed by atoms with Crippen LogP contribution in [0.2, 0.25) is 0 Å². The molecule has 0 bridgehead atoms. The molecule has 0 aliphatic rings. The van der Waals surface area contributed by atoms with Crippen molar-refractivity contribution >= 4 is 27.6 Å². The lowest BCUT2D eigenvalue weighted by atomic mass is 10.1. The van der Waals surface area contributed by atoms with Crippen molar-refractivity contribution in [1.29, 1.82) is 0 Å². The third-order valence-electron chi connectivity index (χ3n) is 2.89. The lowest BCUT2D eigenvalue weighted by Crippen LogP contribution is -2.44. The van der Waals surface area contributed by atoms with Crippen LogP contribution in [0.15, 0.2) is 29.2 Å². The van der Waals surface area contributed by atoms with Gasteiger partial charge in [-0.1, -0.05) is 13.8 Å². The van der Waals surface area contributed by atoms with Crippen molar-refractivity contribution in [3.63, 3.8) is 0 Å². The number of nitrogens with one attached hydrogen (secondary N) is 2. The fraction of sp³-hybridized carbons (Fsp3) is 0.429. The van der Waals surface area contributed by atoms with E-state index in [4.69, 9.17) is 0 Å². The van der Waals surface area contributed by atoms with E-state index in [-0.39, 0.29) is 16.7 Å². The molecule has 0 radical (unpaired) electrons. The van der Waals surface area contributed by atoms with Gasteiger partial charge in [0.2, 0.25) is 15.9 Å². The van der Waals surface area contributed by atoms with E-state index in [0.717, 1.165) is 0 Å². The summed E-state index contributed by atoms with van der Waals surface area (Å²) in [6.45, 7) is 4.78. The van der Waals surface area contributed by atoms with Gasteiger partial charge in [0.25, 0.3) is 0 Å². The fourth-order valence-electron chi connectivity index (χ4n) is 1.74. The molecule has 0 heterocycles. The summed E-state index contributed by atoms with van der Waals surface area (Å²) in [5.74, 6) is -1.16. The molecule has 2 N–H and O–H groups in total. The highest BCUT2D eigenvalue weighted by Gasteiger charge is 2.29. The van der Waals surface area contributed by atoms with Gasteiger partial charge in [-0.3, -0.25) is 9.59 Å². The molecule has 1 aromatic rings. The predicted octanol–water partition coefficient (Wildman–Crippen LogP) is 1.12. The standard InChI is InChI=1S/C14H20N2O5S/c1-9(2)13(14(18)21-4)16-22(19,20)12-7-5-11(6-8-12)15-10(3)17/h5-9,13,16H,1-4H3,(H,15,17). The third-order valence-corrected chi connectivity index (χ3v) is 4.35. The van der Waals surface area contributed by atoms with E-state index in [0.29, 0.717) is 5.69 Å². The molecule has 1 amide bonds. The maximum Gasteiger partial charge on any atom is 0.324 e. The average molecular weight is 328 g/mol. The number of anilines is 1. The highest BCUT2D eigenvalue weighted by Crippen LogP contribution is 2.16. The zero-order chi connectivity index (χ0) is 16.9. The highest BCUT2D eigenvalue weighted by atomic mass is 32.2. The molecule has 0 aromatic heterocycles. The van der Waals surface area contributed by atoms with Crippen LogP contribution in [0.3, 0.4) is 0 Å². The number of sulfonamides is 1. The summed E-state index contributed by atoms with van der Waals surface area (Å²) in [6.07, 6.45) is 0. The summed E-state index contributed by atoms with van der Waals surface area (Å²) in [5.41, 5.74) is 0.486. The number of carbonyl (C=O) groups is 2. The van der Waals surface area contributed by atoms with Gasteiger partial charge >= 0.3 is 5.97 Å². The first-order valence-electron chi connectivity index (χ1n) is 6.65. The quantitative estimate of drug-likeness (QED) is 0.762. The molecular formula is C14H20N2O5S. The largest absolute Gasteiger partial charge is 0.468 e. The third kappa shape index (κ3) is 4.81. The van der Waals surface area contributed by atoms with Crippen molar-refractivity contribution in [2.24, 2.45) is 5.92 Å². The van der Waals surface area contributed by atoms with Crippen molar-refractivity contribution in [2.45, 2.75) is 31.7 Å². The summed E-state index contributed by atoms with van der Waals surface area (Å²) in [5, 5.41) is 2.54. The molecule has 1 aromatic carbocycles. The molecular weight excluding hydrogens is 308 g/mol. The van der Waals surface area contributed by atoms with E-state index in [1.165, 1.54) is 38.3 Å². The Morgan fingerprint density at radius 3 is 2.09 bits per heavy atom. The zero-order valence-electron chi connectivity index (χ0n) is 12.9. The maximum absolute atomic E-state index is 12.3. The second kappa shape index (κ2) is 7.37. The van der Waals surface area contributed by atoms with E-state index in [2.05, 4.69) is 14.8 Å². The number of hydrogen-bond acceptors (Lipinski definition) is 5. The Bertz CT molecular complexity index is 638. The zero-order valence-corrected chi connectivity index (χ0v) is 13.7. The second-order valence-electron chi connectivity index (χ2n) is 5.07. The van der Waals surface area contributed by atoms with Crippen LogP contribution in [-0.2, 0) is 24.3 Å². The van der Waals surface area contributed by atoms with Gasteiger partial charge in [0, 0.05) is 12.6 Å². The van der Waals surface area contributed by atoms with Crippen LogP contribution in [0.5, 0.6) is 0 Å². The SMILES string of the molecule is COC(=O)C(NS(=O)(=O)c1ccc(NC(C)=O)cc1)C(C)C. The number of carbonyl (C=O) groups excluding carboxylic acids is 2. The molecule has 22 heavy (non-hydrogen) atoms. The van der Waals surface area contributed by atoms with Crippen LogP contribution in [-0.4, -0.2) is 33.4 Å². The van der Waals surface area contributed by atoms with E-state index >= 15 is 0 Å². The highest BCUT2D eigenvalue weighted by molar-refractivity contribution is 7.89. The molecule has 0 aliphatic carbocycles. The van der Waals surface area contributed by atoms with Crippen LogP contribution in [0.25, 0.3) is 0 Å². The lowest BCUT2D eigenvalue weighted by molar-refractivity contribution is -0.143. The summed E-state index contributed by atoms with van der Waals surface area (Å²) >= 11 is 0. The minimum absolute atomic E-state index is 0.00356. The number of methoxy groups -OCH3 is 1. The average Bonchev–Trinajstić information content (AvgIpc) is 2.43. The topological polar surface area (TPSA) is 102 Å². The summed E-state index contributed by atoms with van der Waals surface area (Å²) < 4.78 is 31.5. The Kier molecular flexibility index (Phi) is 6.07. The number of amides is 1. The Balaban J connectivity index is 2.98. The van der Waals surface area contributed by atoms with Gasteiger partial charge in [0.1, 0.15) is 6.04 Å². The first kappa shape index (κ1) is 18.1. The molecule has 0 saturated carbocycles. The molecule has 0 fully saturated rings. The molecule has 122 valence electrons. The normalized spacial score (nSPS) is 12.8. The van der Waals surface area contributed by atoms with Gasteiger partial charge in [-0.25, -0.2) is 8.42 Å². The Hall–Kier alpha value is -1.93. The van der Waals surface area contributed by atoms with Gasteiger partial charge in [0.05, 0.1) is 12.0 Å². The summed E-state index contributed by atoms with van der Waals surface area (Å²) in [7, 11) is -2.67. The predicted molar refractivity (Wildman–Crippen MR) is 81.7 cm³/mol. The van der Waals surface area contributed by atoms with Crippen LogP contribution < -0.4 is 10.0 Å². The van der Waals surface area contributed by atoms with Crippen LogP contribution in [0, 0.1) is 5.92 Å². The number of rotatable bonds is 6. The van der Waals surface area contributed by atoms with Gasteiger partial charge in [-0.15, -0.1) is 0 Å². The number of esters is 1. The minimum Gasteiger partial charge on any atom is -0.468 e. The lowest BCUT2D eigenvalue weighted by Gasteiger charge is -2.19. The molecule has 1 rings (SSSR count). The Morgan fingerprint density at radius 2 is 1.68 bits per heavy atom. The Morgan fingerprint density at radius 1 is 1.14 bits per heavy atom. The van der Waals surface area contributed by atoms with E-state index in [9.17, 15) is 18.0 Å². The van der Waals surface area contributed by atoms with Gasteiger partial charge in [-0.2, -0.15) is 4.72 Å². The molecule has 0 spiro atoms. The molecule has 7 nitrogen and oxygen atoms in total. The Labute approximate surface area is 130 Å². The molecule has 0 saturated heterocycles. The number of benzene rings is 1. The first-order valence-corrected chi connectivity index (χ1v) is 8.13. The van der Waals surface area contributed by atoms with Crippen LogP contribution in [0.4, 0.5) is 5.69 Å². The van der Waals surface area contributed by atoms with E-state index in [1.54, 1.807) is 13.8 Å². The second-order valence-corrected chi connectivity index (χ2v) is 6.79. The monoisotopic (exact) mass is 328 g/mol. The smallest absolute Gasteiger partial charge is 0.324 e. The van der Waals surface area contributed by atoms with Crippen molar-refractivity contribution in [1.82, 2.24) is 4.72 Å². The van der Waals surface area contributed by atoms with Gasteiger partial charge < -0.3 is 10.1 Å². The van der Waals surface area contributed by atoms with Crippen molar-refractivity contribution in [3.05, 3.63) is 24.3 Å². The maximum atomic E-state index is 12.3. The molecule has 8 heteroatoms.